The molecular formula is C26H30F2N6O2. The number of alkyl halides is 1. The van der Waals surface area contributed by atoms with E-state index in [-0.39, 0.29) is 28.9 Å². The summed E-state index contributed by atoms with van der Waals surface area (Å²) in [6.45, 7) is 4.13. The lowest BCUT2D eigenvalue weighted by atomic mass is 9.68. The van der Waals surface area contributed by atoms with Crippen LogP contribution in [0, 0.1) is 5.95 Å². The van der Waals surface area contributed by atoms with E-state index in [2.05, 4.69) is 32.4 Å². The maximum Gasteiger partial charge on any atom is 0.255 e. The van der Waals surface area contributed by atoms with Crippen molar-refractivity contribution in [3.63, 3.8) is 0 Å². The number of aromatic nitrogens is 4. The van der Waals surface area contributed by atoms with E-state index in [0.717, 1.165) is 19.3 Å². The van der Waals surface area contributed by atoms with Crippen molar-refractivity contribution in [2.45, 2.75) is 62.8 Å². The zero-order chi connectivity index (χ0) is 25.7. The van der Waals surface area contributed by atoms with Crippen molar-refractivity contribution in [1.29, 1.82) is 0 Å². The summed E-state index contributed by atoms with van der Waals surface area (Å²) in [6, 6.07) is 6.09. The predicted octanol–water partition coefficient (Wildman–Crippen LogP) is 4.29. The Balaban J connectivity index is 1.37. The lowest BCUT2D eigenvalue weighted by Crippen LogP contribution is -2.72. The monoisotopic (exact) mass is 496 g/mol. The van der Waals surface area contributed by atoms with Crippen LogP contribution < -0.4 is 15.0 Å². The number of ether oxygens (including phenoxy) is 1. The molecule has 5 rings (SSSR count). The van der Waals surface area contributed by atoms with E-state index in [1.165, 1.54) is 25.4 Å². The number of phenols is 1. The quantitative estimate of drug-likeness (QED) is 0.505. The van der Waals surface area contributed by atoms with Gasteiger partial charge in [0.1, 0.15) is 11.9 Å². The molecule has 2 aromatic heterocycles. The topological polar surface area (TPSA) is 96.3 Å². The molecule has 3 aromatic rings. The average molecular weight is 497 g/mol. The SMILES string of the molecule is COc1cc(-c2ccc(-c3ncc(N(C)[C@H]4C[C@]5(C)CCC[C@@](C)(N5)[C@H]4F)nn3)c(O)c2)cnc1F. The van der Waals surface area contributed by atoms with Gasteiger partial charge in [-0.3, -0.25) is 0 Å². The highest BCUT2D eigenvalue weighted by Gasteiger charge is 2.53. The summed E-state index contributed by atoms with van der Waals surface area (Å²) in [7, 11) is 3.19. The number of hydrogen-bond acceptors (Lipinski definition) is 8. The highest BCUT2D eigenvalue weighted by molar-refractivity contribution is 5.73. The number of methoxy groups -OCH3 is 1. The summed E-state index contributed by atoms with van der Waals surface area (Å²) in [5.74, 6) is -0.0431. The first-order valence-electron chi connectivity index (χ1n) is 12.0. The number of aromatic hydroxyl groups is 1. The smallest absolute Gasteiger partial charge is 0.255 e. The minimum atomic E-state index is -1.06. The molecule has 0 unspecified atom stereocenters. The third kappa shape index (κ3) is 4.23. The molecule has 2 saturated heterocycles. The molecule has 36 heavy (non-hydrogen) atoms. The van der Waals surface area contributed by atoms with Crippen molar-refractivity contribution >= 4 is 5.82 Å². The fourth-order valence-corrected chi connectivity index (χ4v) is 5.70. The highest BCUT2D eigenvalue weighted by Crippen LogP contribution is 2.43. The van der Waals surface area contributed by atoms with Crippen molar-refractivity contribution in [3.8, 4) is 34.0 Å². The van der Waals surface area contributed by atoms with Gasteiger partial charge in [0, 0.05) is 29.9 Å². The number of anilines is 1. The Morgan fingerprint density at radius 1 is 1.11 bits per heavy atom. The van der Waals surface area contributed by atoms with E-state index >= 15 is 4.39 Å². The maximum atomic E-state index is 15.6. The van der Waals surface area contributed by atoms with Crippen LogP contribution in [0.4, 0.5) is 14.6 Å². The van der Waals surface area contributed by atoms with Gasteiger partial charge >= 0.3 is 0 Å². The normalized spacial score (nSPS) is 27.5. The van der Waals surface area contributed by atoms with E-state index in [9.17, 15) is 9.50 Å². The molecule has 2 aliphatic rings. The van der Waals surface area contributed by atoms with Gasteiger partial charge in [0.05, 0.1) is 24.9 Å². The number of nitrogens with one attached hydrogen (secondary N) is 1. The molecule has 2 bridgehead atoms. The molecule has 2 N–H and O–H groups in total. The Kier molecular flexibility index (Phi) is 6.02. The molecule has 1 aromatic carbocycles. The van der Waals surface area contributed by atoms with Crippen molar-refractivity contribution in [3.05, 3.63) is 42.6 Å². The van der Waals surface area contributed by atoms with Gasteiger partial charge in [-0.1, -0.05) is 6.07 Å². The van der Waals surface area contributed by atoms with Crippen LogP contribution in [0.3, 0.4) is 0 Å². The lowest BCUT2D eigenvalue weighted by Gasteiger charge is -2.56. The summed E-state index contributed by atoms with van der Waals surface area (Å²) in [6.07, 6.45) is 5.34. The Bertz CT molecular complexity index is 1280. The molecule has 10 heteroatoms. The van der Waals surface area contributed by atoms with Crippen LogP contribution >= 0.6 is 0 Å². The van der Waals surface area contributed by atoms with Gasteiger partial charge in [-0.25, -0.2) is 14.4 Å². The minimum absolute atomic E-state index is 0.0131. The van der Waals surface area contributed by atoms with Gasteiger partial charge in [0.15, 0.2) is 17.4 Å². The van der Waals surface area contributed by atoms with Crippen LogP contribution in [0.15, 0.2) is 36.7 Å². The fraction of sp³-hybridized carbons (Fsp3) is 0.462. The lowest BCUT2D eigenvalue weighted by molar-refractivity contribution is 0.00193. The molecular weight excluding hydrogens is 466 g/mol. The van der Waals surface area contributed by atoms with Crippen molar-refractivity contribution in [2.24, 2.45) is 0 Å². The molecule has 2 aliphatic heterocycles. The van der Waals surface area contributed by atoms with Gasteiger partial charge < -0.3 is 20.1 Å². The molecule has 4 atom stereocenters. The number of fused-ring (bicyclic) bond motifs is 2. The number of phenolic OH excluding ortho intramolecular Hbond substituents is 1. The third-order valence-corrected chi connectivity index (χ3v) is 7.63. The standard InChI is InChI=1S/C26H30F2N6O2/c1-25-8-5-9-26(2,33-25)22(27)18(12-25)34(3)21-14-30-24(32-31-21)17-7-6-15(10-19(17)35)16-11-20(36-4)23(28)29-13-16/h6-7,10-11,13-14,18,22,33,35H,5,8-9,12H2,1-4H3/t18-,22-,25-,26+/m0/s1. The number of benzene rings is 1. The Labute approximate surface area is 208 Å². The number of nitrogens with zero attached hydrogens (tertiary/aromatic N) is 5. The van der Waals surface area contributed by atoms with Crippen molar-refractivity contribution in [2.75, 3.05) is 19.1 Å². The zero-order valence-corrected chi connectivity index (χ0v) is 20.8. The summed E-state index contributed by atoms with van der Waals surface area (Å²) in [5.41, 5.74) is 0.914. The van der Waals surface area contributed by atoms with Crippen LogP contribution in [0.2, 0.25) is 0 Å². The summed E-state index contributed by atoms with van der Waals surface area (Å²) in [5, 5.41) is 22.7. The van der Waals surface area contributed by atoms with Gasteiger partial charge in [0.2, 0.25) is 0 Å². The molecule has 8 nitrogen and oxygen atoms in total. The minimum Gasteiger partial charge on any atom is -0.507 e. The maximum absolute atomic E-state index is 15.6. The Morgan fingerprint density at radius 3 is 2.61 bits per heavy atom. The van der Waals surface area contributed by atoms with Crippen molar-refractivity contribution in [1.82, 2.24) is 25.5 Å². The van der Waals surface area contributed by atoms with E-state index in [1.807, 2.05) is 18.9 Å². The van der Waals surface area contributed by atoms with E-state index in [0.29, 0.717) is 28.9 Å². The second-order valence-electron chi connectivity index (χ2n) is 10.3. The molecule has 0 amide bonds. The number of rotatable bonds is 5. The average Bonchev–Trinajstić information content (AvgIpc) is 2.86. The van der Waals surface area contributed by atoms with E-state index in [4.69, 9.17) is 4.74 Å². The number of piperidine rings is 2. The Hall–Kier alpha value is -3.40. The van der Waals surface area contributed by atoms with Crippen LogP contribution in [-0.2, 0) is 0 Å². The van der Waals surface area contributed by atoms with Crippen molar-refractivity contribution < 1.29 is 18.6 Å². The molecule has 190 valence electrons. The number of hydrogen-bond donors (Lipinski definition) is 2. The molecule has 0 aliphatic carbocycles. The molecule has 0 spiro atoms. The first kappa shape index (κ1) is 24.3. The van der Waals surface area contributed by atoms with E-state index < -0.39 is 17.7 Å². The molecule has 4 heterocycles. The molecule has 0 radical (unpaired) electrons. The first-order valence-corrected chi connectivity index (χ1v) is 12.0. The van der Waals surface area contributed by atoms with Gasteiger partial charge in [-0.2, -0.15) is 4.39 Å². The Morgan fingerprint density at radius 2 is 1.92 bits per heavy atom. The second kappa shape index (κ2) is 8.92. The van der Waals surface area contributed by atoms with Crippen LogP contribution in [0.25, 0.3) is 22.5 Å². The van der Waals surface area contributed by atoms with Crippen LogP contribution in [0.1, 0.15) is 39.5 Å². The highest BCUT2D eigenvalue weighted by atomic mass is 19.1. The molecule has 0 saturated carbocycles. The second-order valence-corrected chi connectivity index (χ2v) is 10.3. The van der Waals surface area contributed by atoms with Crippen LogP contribution in [0.5, 0.6) is 11.5 Å². The summed E-state index contributed by atoms with van der Waals surface area (Å²) in [4.78, 5) is 9.92. The largest absolute Gasteiger partial charge is 0.507 e. The summed E-state index contributed by atoms with van der Waals surface area (Å²) >= 11 is 0. The number of pyridine rings is 1. The van der Waals surface area contributed by atoms with E-state index in [1.54, 1.807) is 18.3 Å². The van der Waals surface area contributed by atoms with Gasteiger partial charge in [-0.15, -0.1) is 10.2 Å². The summed E-state index contributed by atoms with van der Waals surface area (Å²) < 4.78 is 34.2. The number of halogens is 2. The van der Waals surface area contributed by atoms with Crippen LogP contribution in [-0.4, -0.2) is 62.7 Å². The van der Waals surface area contributed by atoms with Gasteiger partial charge in [-0.05, 0) is 63.3 Å². The fourth-order valence-electron chi connectivity index (χ4n) is 5.70. The third-order valence-electron chi connectivity index (χ3n) is 7.63. The van der Waals surface area contributed by atoms with Gasteiger partial charge in [0.25, 0.3) is 5.95 Å². The zero-order valence-electron chi connectivity index (χ0n) is 20.8. The first-order chi connectivity index (χ1) is 17.1. The predicted molar refractivity (Wildman–Crippen MR) is 132 cm³/mol. The molecule has 2 fully saturated rings.